The van der Waals surface area contributed by atoms with E-state index in [0.29, 0.717) is 28.1 Å². The first-order valence-corrected chi connectivity index (χ1v) is 15.0. The first-order valence-electron chi connectivity index (χ1n) is 15.0. The quantitative estimate of drug-likeness (QED) is 0.110. The predicted molar refractivity (Wildman–Crippen MR) is 177 cm³/mol. The summed E-state index contributed by atoms with van der Waals surface area (Å²) in [6.45, 7) is 3.29. The molecule has 4 aromatic carbocycles. The molecule has 244 valence electrons. The van der Waals surface area contributed by atoms with Crippen LogP contribution >= 0.6 is 0 Å². The molecule has 0 saturated carbocycles. The lowest BCUT2D eigenvalue weighted by molar-refractivity contribution is -0.139. The fraction of sp³-hybridized carbons (Fsp3) is 0.194. The number of rotatable bonds is 12. The molecule has 48 heavy (non-hydrogen) atoms. The van der Waals surface area contributed by atoms with E-state index in [4.69, 9.17) is 18.9 Å². The van der Waals surface area contributed by atoms with Crippen LogP contribution in [0.3, 0.4) is 0 Å². The number of nitriles is 1. The Hall–Kier alpha value is -6.35. The molecule has 1 aliphatic rings. The number of nitrogens with zero attached hydrogens (tertiary/aromatic N) is 2. The molecule has 5 rings (SSSR count). The van der Waals surface area contributed by atoms with Crippen LogP contribution in [0.1, 0.15) is 42.1 Å². The zero-order valence-corrected chi connectivity index (χ0v) is 26.5. The molecule has 0 unspecified atom stereocenters. The van der Waals surface area contributed by atoms with Gasteiger partial charge in [0, 0.05) is 16.8 Å². The molecule has 12 nitrogen and oxygen atoms in total. The summed E-state index contributed by atoms with van der Waals surface area (Å²) in [4.78, 5) is 37.6. The van der Waals surface area contributed by atoms with Gasteiger partial charge in [-0.15, -0.1) is 0 Å². The topological polar surface area (TPSA) is 160 Å². The van der Waals surface area contributed by atoms with Crippen molar-refractivity contribution in [3.05, 3.63) is 112 Å². The third-order valence-electron chi connectivity index (χ3n) is 7.48. The summed E-state index contributed by atoms with van der Waals surface area (Å²) in [5, 5.41) is 20.8. The number of benzene rings is 4. The van der Waals surface area contributed by atoms with E-state index in [2.05, 4.69) is 27.2 Å². The van der Waals surface area contributed by atoms with Gasteiger partial charge < -0.3 is 29.6 Å². The number of amides is 3. The number of hydrogen-bond acceptors (Lipinski definition) is 9. The Morgan fingerprint density at radius 3 is 2.56 bits per heavy atom. The van der Waals surface area contributed by atoms with Crippen LogP contribution in [0, 0.1) is 11.3 Å². The van der Waals surface area contributed by atoms with Crippen LogP contribution in [-0.4, -0.2) is 44.4 Å². The zero-order valence-electron chi connectivity index (χ0n) is 26.5. The molecular weight excluding hydrogens is 614 g/mol. The van der Waals surface area contributed by atoms with Crippen molar-refractivity contribution in [2.75, 3.05) is 20.3 Å². The van der Waals surface area contributed by atoms with Crippen LogP contribution in [0.4, 0.5) is 4.79 Å². The summed E-state index contributed by atoms with van der Waals surface area (Å²) >= 11 is 0. The number of nitrogens with one attached hydrogen (secondary N) is 3. The fourth-order valence-electron chi connectivity index (χ4n) is 5.20. The van der Waals surface area contributed by atoms with Crippen molar-refractivity contribution in [2.45, 2.75) is 26.5 Å². The summed E-state index contributed by atoms with van der Waals surface area (Å²) < 4.78 is 22.5. The molecule has 0 radical (unpaired) electrons. The third-order valence-corrected chi connectivity index (χ3v) is 7.48. The Bertz CT molecular complexity index is 1960. The SMILES string of the molecule is CCOC(=O)C1=C(C)NC(=O)N[C@@H]1c1ccc(OCC(=O)N/N=C/c2c(OCc3ccccc3C#N)ccc3ccccc23)c(OC)c1. The largest absolute Gasteiger partial charge is 0.493 e. The van der Waals surface area contributed by atoms with Crippen LogP contribution in [0.15, 0.2) is 95.2 Å². The molecule has 1 atom stereocenters. The molecule has 3 N–H and O–H groups in total. The van der Waals surface area contributed by atoms with E-state index in [0.717, 1.165) is 16.3 Å². The number of hydrogen-bond donors (Lipinski definition) is 3. The van der Waals surface area contributed by atoms with Gasteiger partial charge in [-0.2, -0.15) is 10.4 Å². The second-order valence-corrected chi connectivity index (χ2v) is 10.5. The summed E-state index contributed by atoms with van der Waals surface area (Å²) in [5.41, 5.74) is 5.59. The molecule has 1 aliphatic heterocycles. The van der Waals surface area contributed by atoms with Gasteiger partial charge in [0.15, 0.2) is 18.1 Å². The molecule has 1 heterocycles. The summed E-state index contributed by atoms with van der Waals surface area (Å²) in [6, 6.07) is 24.4. The van der Waals surface area contributed by atoms with E-state index in [9.17, 15) is 19.6 Å². The van der Waals surface area contributed by atoms with Gasteiger partial charge in [0.1, 0.15) is 12.4 Å². The van der Waals surface area contributed by atoms with Crippen molar-refractivity contribution >= 4 is 34.9 Å². The number of fused-ring (bicyclic) bond motifs is 1. The van der Waals surface area contributed by atoms with Crippen molar-refractivity contribution in [2.24, 2.45) is 5.10 Å². The van der Waals surface area contributed by atoms with Gasteiger partial charge in [0.25, 0.3) is 5.91 Å². The average Bonchev–Trinajstić information content (AvgIpc) is 3.09. The number of hydrazone groups is 1. The van der Waals surface area contributed by atoms with Gasteiger partial charge in [0.05, 0.1) is 43.2 Å². The Kier molecular flexibility index (Phi) is 10.5. The first-order chi connectivity index (χ1) is 23.3. The first kappa shape index (κ1) is 33.0. The van der Waals surface area contributed by atoms with Gasteiger partial charge in [0.2, 0.25) is 0 Å². The highest BCUT2D eigenvalue weighted by molar-refractivity contribution is 6.02. The Balaban J connectivity index is 1.27. The van der Waals surface area contributed by atoms with Gasteiger partial charge >= 0.3 is 12.0 Å². The highest BCUT2D eigenvalue weighted by Gasteiger charge is 2.32. The van der Waals surface area contributed by atoms with Crippen molar-refractivity contribution in [3.63, 3.8) is 0 Å². The van der Waals surface area contributed by atoms with Crippen molar-refractivity contribution in [1.82, 2.24) is 16.1 Å². The lowest BCUT2D eigenvalue weighted by Crippen LogP contribution is -2.45. The number of allylic oxidation sites excluding steroid dienone is 1. The standard InChI is InChI=1S/C36H33N5O7/c1-4-46-35(43)33-22(2)39-36(44)40-34(33)24-14-16-30(31(17-24)45-3)48-21-32(42)41-38-19-28-27-12-8-7-9-23(27)13-15-29(28)47-20-26-11-6-5-10-25(26)18-37/h5-17,19,34H,4,20-21H2,1-3H3,(H,41,42)(H2,39,40,44)/b38-19+/t34-/m1/s1. The molecule has 0 bridgehead atoms. The molecule has 0 fully saturated rings. The maximum Gasteiger partial charge on any atom is 0.338 e. The van der Waals surface area contributed by atoms with E-state index in [1.165, 1.54) is 13.3 Å². The van der Waals surface area contributed by atoms with E-state index in [1.54, 1.807) is 44.2 Å². The van der Waals surface area contributed by atoms with E-state index >= 15 is 0 Å². The smallest absolute Gasteiger partial charge is 0.338 e. The minimum absolute atomic E-state index is 0.174. The number of carbonyl (C=O) groups is 3. The minimum Gasteiger partial charge on any atom is -0.493 e. The fourth-order valence-corrected chi connectivity index (χ4v) is 5.20. The number of methoxy groups -OCH3 is 1. The summed E-state index contributed by atoms with van der Waals surface area (Å²) in [6.07, 6.45) is 1.51. The molecule has 0 aromatic heterocycles. The van der Waals surface area contributed by atoms with E-state index < -0.39 is 23.9 Å². The predicted octanol–water partition coefficient (Wildman–Crippen LogP) is 5.02. The molecule has 0 aliphatic carbocycles. The lowest BCUT2D eigenvalue weighted by Gasteiger charge is -2.28. The lowest BCUT2D eigenvalue weighted by atomic mass is 9.95. The molecule has 12 heteroatoms. The maximum atomic E-state index is 12.7. The number of urea groups is 1. The van der Waals surface area contributed by atoms with Gasteiger partial charge in [-0.05, 0) is 54.4 Å². The van der Waals surface area contributed by atoms with Crippen LogP contribution < -0.4 is 30.3 Å². The van der Waals surface area contributed by atoms with E-state index in [1.807, 2.05) is 48.5 Å². The molecular formula is C36H33N5O7. The summed E-state index contributed by atoms with van der Waals surface area (Å²) in [5.74, 6) is -0.0108. The van der Waals surface area contributed by atoms with Crippen LogP contribution in [-0.2, 0) is 20.9 Å². The highest BCUT2D eigenvalue weighted by Crippen LogP contribution is 2.35. The van der Waals surface area contributed by atoms with Crippen LogP contribution in [0.5, 0.6) is 17.2 Å². The highest BCUT2D eigenvalue weighted by atomic mass is 16.5. The third kappa shape index (κ3) is 7.54. The van der Waals surface area contributed by atoms with Crippen LogP contribution in [0.2, 0.25) is 0 Å². The van der Waals surface area contributed by atoms with E-state index in [-0.39, 0.29) is 36.9 Å². The van der Waals surface area contributed by atoms with Crippen molar-refractivity contribution in [3.8, 4) is 23.3 Å². The Labute approximate surface area is 276 Å². The molecule has 4 aromatic rings. The average molecular weight is 648 g/mol. The van der Waals surface area contributed by atoms with Gasteiger partial charge in [-0.25, -0.2) is 15.0 Å². The number of esters is 1. The van der Waals surface area contributed by atoms with Gasteiger partial charge in [-0.3, -0.25) is 4.79 Å². The van der Waals surface area contributed by atoms with Crippen molar-refractivity contribution in [1.29, 1.82) is 5.26 Å². The summed E-state index contributed by atoms with van der Waals surface area (Å²) in [7, 11) is 1.44. The molecule has 3 amide bonds. The second kappa shape index (κ2) is 15.3. The Morgan fingerprint density at radius 2 is 1.77 bits per heavy atom. The number of carbonyl (C=O) groups excluding carboxylic acids is 3. The molecule has 0 saturated heterocycles. The second-order valence-electron chi connectivity index (χ2n) is 10.5. The zero-order chi connectivity index (χ0) is 34.0. The Morgan fingerprint density at radius 1 is 1.00 bits per heavy atom. The van der Waals surface area contributed by atoms with Gasteiger partial charge in [-0.1, -0.05) is 54.6 Å². The minimum atomic E-state index is -0.789. The van der Waals surface area contributed by atoms with Crippen molar-refractivity contribution < 1.29 is 33.3 Å². The maximum absolute atomic E-state index is 12.7. The molecule has 0 spiro atoms. The van der Waals surface area contributed by atoms with Crippen LogP contribution in [0.25, 0.3) is 10.8 Å². The monoisotopic (exact) mass is 647 g/mol. The normalized spacial score (nSPS) is 14.1. The number of ether oxygens (including phenoxy) is 4.